The summed E-state index contributed by atoms with van der Waals surface area (Å²) in [4.78, 5) is 12.7. The molecule has 0 unspecified atom stereocenters. The summed E-state index contributed by atoms with van der Waals surface area (Å²) in [6.07, 6.45) is 3.11. The third kappa shape index (κ3) is 3.91. The van der Waals surface area contributed by atoms with Crippen molar-refractivity contribution in [2.24, 2.45) is 11.8 Å². The van der Waals surface area contributed by atoms with Crippen molar-refractivity contribution in [1.29, 1.82) is 0 Å². The van der Waals surface area contributed by atoms with Gasteiger partial charge in [-0.25, -0.2) is 5.01 Å². The Balaban J connectivity index is 1.70. The Morgan fingerprint density at radius 2 is 1.97 bits per heavy atom. The summed E-state index contributed by atoms with van der Waals surface area (Å²) in [5, 5.41) is 1.88. The molecule has 0 aliphatic carbocycles. The predicted octanol–water partition coefficient (Wildman–Crippen LogP) is 4.07. The quantitative estimate of drug-likeness (QED) is 0.591. The maximum Gasteiger partial charge on any atom is 0.321 e. The number of alkyl halides is 2. The van der Waals surface area contributed by atoms with Crippen molar-refractivity contribution in [3.63, 3.8) is 0 Å². The Labute approximate surface area is 175 Å². The fourth-order valence-corrected chi connectivity index (χ4v) is 4.85. The summed E-state index contributed by atoms with van der Waals surface area (Å²) in [5.74, 6) is 6.71. The van der Waals surface area contributed by atoms with Crippen LogP contribution >= 0.6 is 0 Å². The van der Waals surface area contributed by atoms with E-state index in [1.807, 2.05) is 29.3 Å². The monoisotopic (exact) mass is 415 g/mol. The van der Waals surface area contributed by atoms with Crippen LogP contribution in [0.2, 0.25) is 0 Å². The second-order valence-electron chi connectivity index (χ2n) is 8.03. The van der Waals surface area contributed by atoms with E-state index in [0.29, 0.717) is 29.2 Å². The number of rotatable bonds is 5. The minimum atomic E-state index is -2.86. The molecule has 2 aliphatic heterocycles. The fourth-order valence-electron chi connectivity index (χ4n) is 4.85. The number of piperidine rings is 1. The number of ether oxygens (including phenoxy) is 1. The van der Waals surface area contributed by atoms with E-state index in [0.717, 1.165) is 36.1 Å². The molecule has 160 valence electrons. The minimum absolute atomic E-state index is 0.0357. The van der Waals surface area contributed by atoms with Crippen LogP contribution in [0.3, 0.4) is 0 Å². The smallest absolute Gasteiger partial charge is 0.321 e. The number of methoxy groups -OCH3 is 1. The van der Waals surface area contributed by atoms with Gasteiger partial charge in [0.05, 0.1) is 18.8 Å². The SMILES string of the molecule is COc1cc2c(cc1C[C@@H]1CCCN(N)[C@@H]1c1ccccc1)N(C(F)F)C(=O)CC2. The highest BCUT2D eigenvalue weighted by atomic mass is 19.3. The third-order valence-corrected chi connectivity index (χ3v) is 6.23. The van der Waals surface area contributed by atoms with E-state index in [4.69, 9.17) is 10.6 Å². The molecule has 2 aromatic carbocycles. The molecular formula is C23H27F2N3O2. The standard InChI is InChI=1S/C23H27F2N3O2/c1-30-20-14-16-9-10-21(29)28(23(24)25)19(16)13-18(20)12-17-8-5-11-27(26)22(17)15-6-3-2-4-7-15/h2-4,6-7,13-14,17,22-23H,5,8-12,26H2,1H3/t17-,22+/m0/s1. The number of nitrogens with zero attached hydrogens (tertiary/aromatic N) is 2. The van der Waals surface area contributed by atoms with E-state index < -0.39 is 12.5 Å². The van der Waals surface area contributed by atoms with Crippen molar-refractivity contribution < 1.29 is 18.3 Å². The van der Waals surface area contributed by atoms with E-state index in [1.54, 1.807) is 13.2 Å². The van der Waals surface area contributed by atoms with Crippen molar-refractivity contribution in [3.05, 3.63) is 59.2 Å². The molecule has 0 spiro atoms. The second-order valence-corrected chi connectivity index (χ2v) is 8.03. The summed E-state index contributed by atoms with van der Waals surface area (Å²) >= 11 is 0. The van der Waals surface area contributed by atoms with Gasteiger partial charge in [-0.2, -0.15) is 8.78 Å². The second kappa shape index (κ2) is 8.70. The van der Waals surface area contributed by atoms with Gasteiger partial charge in [0.15, 0.2) is 0 Å². The molecular weight excluding hydrogens is 388 g/mol. The number of halogens is 2. The van der Waals surface area contributed by atoms with Crippen molar-refractivity contribution in [2.75, 3.05) is 18.6 Å². The van der Waals surface area contributed by atoms with E-state index in [2.05, 4.69) is 12.1 Å². The first-order chi connectivity index (χ1) is 14.5. The van der Waals surface area contributed by atoms with Crippen LogP contribution in [-0.2, 0) is 17.6 Å². The van der Waals surface area contributed by atoms with Crippen LogP contribution in [0.5, 0.6) is 5.75 Å². The summed E-state index contributed by atoms with van der Waals surface area (Å²) in [5.41, 5.74) is 3.00. The zero-order valence-electron chi connectivity index (χ0n) is 17.1. The Morgan fingerprint density at radius 3 is 2.67 bits per heavy atom. The van der Waals surface area contributed by atoms with Crippen molar-refractivity contribution in [2.45, 2.75) is 44.7 Å². The molecule has 2 atom stereocenters. The molecule has 30 heavy (non-hydrogen) atoms. The molecule has 5 nitrogen and oxygen atoms in total. The van der Waals surface area contributed by atoms with Gasteiger partial charge in [0.1, 0.15) is 5.75 Å². The zero-order valence-corrected chi connectivity index (χ0v) is 17.1. The molecule has 4 rings (SSSR count). The number of benzene rings is 2. The Bertz CT molecular complexity index is 907. The number of hydrogen-bond acceptors (Lipinski definition) is 4. The molecule has 0 radical (unpaired) electrons. The average Bonchev–Trinajstić information content (AvgIpc) is 2.73. The summed E-state index contributed by atoms with van der Waals surface area (Å²) in [7, 11) is 1.59. The Hall–Kier alpha value is -2.51. The lowest BCUT2D eigenvalue weighted by molar-refractivity contribution is -0.121. The highest BCUT2D eigenvalue weighted by molar-refractivity contribution is 5.96. The normalized spacial score (nSPS) is 22.3. The van der Waals surface area contributed by atoms with Crippen LogP contribution in [0.15, 0.2) is 42.5 Å². The third-order valence-electron chi connectivity index (χ3n) is 6.23. The van der Waals surface area contributed by atoms with Crippen molar-refractivity contribution in [1.82, 2.24) is 5.01 Å². The van der Waals surface area contributed by atoms with E-state index in [1.165, 1.54) is 0 Å². The lowest BCUT2D eigenvalue weighted by Gasteiger charge is -2.39. The lowest BCUT2D eigenvalue weighted by atomic mass is 9.81. The topological polar surface area (TPSA) is 58.8 Å². The van der Waals surface area contributed by atoms with Gasteiger partial charge in [-0.1, -0.05) is 30.3 Å². The molecule has 0 saturated carbocycles. The fraction of sp³-hybridized carbons (Fsp3) is 0.435. The number of amides is 1. The maximum atomic E-state index is 13.6. The summed E-state index contributed by atoms with van der Waals surface area (Å²) in [6, 6.07) is 13.7. The number of aryl methyl sites for hydroxylation is 1. The number of anilines is 1. The van der Waals surface area contributed by atoms with E-state index in [-0.39, 0.29) is 18.4 Å². The Kier molecular flexibility index (Phi) is 6.01. The van der Waals surface area contributed by atoms with Gasteiger partial charge in [-0.3, -0.25) is 15.5 Å². The predicted molar refractivity (Wildman–Crippen MR) is 111 cm³/mol. The van der Waals surface area contributed by atoms with Crippen LogP contribution in [0.1, 0.15) is 42.0 Å². The van der Waals surface area contributed by atoms with E-state index in [9.17, 15) is 13.6 Å². The first kappa shape index (κ1) is 20.8. The van der Waals surface area contributed by atoms with Crippen molar-refractivity contribution >= 4 is 11.6 Å². The van der Waals surface area contributed by atoms with E-state index >= 15 is 0 Å². The molecule has 1 saturated heterocycles. The number of hydrogen-bond donors (Lipinski definition) is 1. The van der Waals surface area contributed by atoms with Crippen molar-refractivity contribution in [3.8, 4) is 5.75 Å². The van der Waals surface area contributed by atoms with Gasteiger partial charge >= 0.3 is 6.55 Å². The maximum absolute atomic E-state index is 13.6. The minimum Gasteiger partial charge on any atom is -0.496 e. The molecule has 7 heteroatoms. The van der Waals surface area contributed by atoms with Gasteiger partial charge in [0, 0.05) is 13.0 Å². The van der Waals surface area contributed by atoms with Crippen LogP contribution in [-0.4, -0.2) is 31.1 Å². The molecule has 2 aliphatic rings. The van der Waals surface area contributed by atoms with Crippen LogP contribution in [0.4, 0.5) is 14.5 Å². The molecule has 0 aromatic heterocycles. The van der Waals surface area contributed by atoms with Gasteiger partial charge < -0.3 is 4.74 Å². The molecule has 2 aromatic rings. The highest BCUT2D eigenvalue weighted by Gasteiger charge is 2.34. The largest absolute Gasteiger partial charge is 0.496 e. The Morgan fingerprint density at radius 1 is 1.20 bits per heavy atom. The van der Waals surface area contributed by atoms with Crippen LogP contribution in [0, 0.1) is 5.92 Å². The first-order valence-corrected chi connectivity index (χ1v) is 10.4. The van der Waals surface area contributed by atoms with Crippen LogP contribution in [0.25, 0.3) is 0 Å². The number of fused-ring (bicyclic) bond motifs is 1. The molecule has 0 bridgehead atoms. The van der Waals surface area contributed by atoms with Gasteiger partial charge in [-0.15, -0.1) is 0 Å². The number of nitrogens with two attached hydrogens (primary N) is 1. The van der Waals surface area contributed by atoms with Crippen LogP contribution < -0.4 is 15.5 Å². The molecule has 2 N–H and O–H groups in total. The van der Waals surface area contributed by atoms with Gasteiger partial charge in [0.2, 0.25) is 5.91 Å². The average molecular weight is 415 g/mol. The first-order valence-electron chi connectivity index (χ1n) is 10.4. The summed E-state index contributed by atoms with van der Waals surface area (Å²) in [6.45, 7) is -2.05. The zero-order chi connectivity index (χ0) is 21.3. The lowest BCUT2D eigenvalue weighted by Crippen LogP contribution is -2.44. The number of carbonyl (C=O) groups is 1. The molecule has 1 fully saturated rings. The summed E-state index contributed by atoms with van der Waals surface area (Å²) < 4.78 is 32.8. The number of carbonyl (C=O) groups excluding carboxylic acids is 1. The van der Waals surface area contributed by atoms with Gasteiger partial charge in [0.25, 0.3) is 0 Å². The highest BCUT2D eigenvalue weighted by Crippen LogP contribution is 2.41. The van der Waals surface area contributed by atoms with Gasteiger partial charge in [-0.05, 0) is 60.4 Å². The molecule has 2 heterocycles. The molecule has 1 amide bonds. The number of hydrazine groups is 1.